The van der Waals surface area contributed by atoms with E-state index >= 15 is 0 Å². The molecule has 0 spiro atoms. The summed E-state index contributed by atoms with van der Waals surface area (Å²) < 4.78 is 0. The maximum absolute atomic E-state index is 4.55. The summed E-state index contributed by atoms with van der Waals surface area (Å²) in [6, 6.07) is 0. The molecule has 0 aliphatic heterocycles. The molecule has 0 heterocycles. The minimum atomic E-state index is 1.05. The molecule has 0 saturated carbocycles. The third-order valence-corrected chi connectivity index (χ3v) is 2.29. The van der Waals surface area contributed by atoms with Crippen molar-refractivity contribution < 1.29 is 0 Å². The summed E-state index contributed by atoms with van der Waals surface area (Å²) in [5, 5.41) is 0. The molecule has 0 unspecified atom stereocenters. The van der Waals surface area contributed by atoms with Gasteiger partial charge in [-0.25, -0.2) is 0 Å². The highest BCUT2D eigenvalue weighted by atomic mass is 14.7. The first kappa shape index (κ1) is 12.7. The second-order valence-corrected chi connectivity index (χ2v) is 3.78. The quantitative estimate of drug-likeness (QED) is 0.395. The van der Waals surface area contributed by atoms with E-state index in [0.29, 0.717) is 0 Å². The van der Waals surface area contributed by atoms with Crippen LogP contribution in [0.3, 0.4) is 0 Å². The highest BCUT2D eigenvalue weighted by Gasteiger charge is 1.91. The van der Waals surface area contributed by atoms with Crippen LogP contribution in [0.4, 0.5) is 0 Å². The Morgan fingerprint density at radius 2 is 1.54 bits per heavy atom. The Balaban J connectivity index is 3.29. The number of unbranched alkanes of at least 4 members (excludes halogenated alkanes) is 4. The molecule has 0 aromatic rings. The molecule has 0 fully saturated rings. The van der Waals surface area contributed by atoms with E-state index in [1.807, 2.05) is 0 Å². The maximum atomic E-state index is 4.55. The fraction of sp³-hybridized carbons (Fsp3) is 0.917. The second-order valence-electron chi connectivity index (χ2n) is 3.78. The Kier molecular flexibility index (Phi) is 9.51. The van der Waals surface area contributed by atoms with Crippen molar-refractivity contribution in [2.75, 3.05) is 6.54 Å². The molecule has 0 radical (unpaired) electrons. The van der Waals surface area contributed by atoms with Gasteiger partial charge in [0, 0.05) is 12.3 Å². The van der Waals surface area contributed by atoms with E-state index in [-0.39, 0.29) is 0 Å². The molecule has 0 saturated heterocycles. The fourth-order valence-electron chi connectivity index (χ4n) is 1.34. The number of hydrogen-bond acceptors (Lipinski definition) is 1. The summed E-state index contributed by atoms with van der Waals surface area (Å²) in [7, 11) is 0. The fourth-order valence-corrected chi connectivity index (χ4v) is 1.34. The monoisotopic (exact) mass is 183 g/mol. The van der Waals surface area contributed by atoms with E-state index < -0.39 is 0 Å². The smallest absolute Gasteiger partial charge is 0.0388 e. The van der Waals surface area contributed by atoms with Crippen LogP contribution < -0.4 is 0 Å². The van der Waals surface area contributed by atoms with E-state index in [0.717, 1.165) is 6.54 Å². The van der Waals surface area contributed by atoms with Gasteiger partial charge in [0.2, 0.25) is 0 Å². The predicted octanol–water partition coefficient (Wildman–Crippen LogP) is 4.22. The van der Waals surface area contributed by atoms with Crippen molar-refractivity contribution in [3.05, 3.63) is 0 Å². The molecular weight excluding hydrogens is 158 g/mol. The lowest BCUT2D eigenvalue weighted by molar-refractivity contribution is 0.717. The Morgan fingerprint density at radius 3 is 2.15 bits per heavy atom. The highest BCUT2D eigenvalue weighted by Crippen LogP contribution is 2.01. The molecule has 0 amide bonds. The lowest BCUT2D eigenvalue weighted by Crippen LogP contribution is -1.93. The van der Waals surface area contributed by atoms with Gasteiger partial charge in [-0.3, -0.25) is 4.99 Å². The number of aliphatic imine (C=N–C) groups is 1. The Morgan fingerprint density at radius 1 is 0.923 bits per heavy atom. The van der Waals surface area contributed by atoms with Gasteiger partial charge < -0.3 is 0 Å². The molecule has 0 N–H and O–H groups in total. The zero-order chi connectivity index (χ0) is 9.94. The first-order valence-corrected chi connectivity index (χ1v) is 5.81. The van der Waals surface area contributed by atoms with E-state index in [1.54, 1.807) is 0 Å². The average Bonchev–Trinajstić information content (AvgIpc) is 2.13. The topological polar surface area (TPSA) is 12.4 Å². The molecule has 0 atom stereocenters. The van der Waals surface area contributed by atoms with Gasteiger partial charge in [-0.05, 0) is 26.2 Å². The molecule has 0 aliphatic rings. The third-order valence-electron chi connectivity index (χ3n) is 2.29. The van der Waals surface area contributed by atoms with Crippen molar-refractivity contribution in [2.45, 2.75) is 65.7 Å². The summed E-state index contributed by atoms with van der Waals surface area (Å²) in [4.78, 5) is 4.55. The van der Waals surface area contributed by atoms with Crippen molar-refractivity contribution in [2.24, 2.45) is 4.99 Å². The molecule has 0 aromatic heterocycles. The van der Waals surface area contributed by atoms with Crippen molar-refractivity contribution in [3.8, 4) is 0 Å². The molecule has 78 valence electrons. The molecule has 13 heavy (non-hydrogen) atoms. The zero-order valence-electron chi connectivity index (χ0n) is 9.60. The van der Waals surface area contributed by atoms with Gasteiger partial charge in [0.15, 0.2) is 0 Å². The van der Waals surface area contributed by atoms with Gasteiger partial charge in [-0.15, -0.1) is 0 Å². The second kappa shape index (κ2) is 9.76. The summed E-state index contributed by atoms with van der Waals surface area (Å²) in [5.74, 6) is 0. The summed E-state index contributed by atoms with van der Waals surface area (Å²) in [5.41, 5.74) is 1.35. The van der Waals surface area contributed by atoms with Gasteiger partial charge >= 0.3 is 0 Å². The minimum absolute atomic E-state index is 1.05. The van der Waals surface area contributed by atoms with Crippen molar-refractivity contribution in [1.29, 1.82) is 0 Å². The lowest BCUT2D eigenvalue weighted by atomic mass is 10.1. The first-order valence-electron chi connectivity index (χ1n) is 5.81. The van der Waals surface area contributed by atoms with E-state index in [2.05, 4.69) is 25.8 Å². The van der Waals surface area contributed by atoms with E-state index in [4.69, 9.17) is 0 Å². The van der Waals surface area contributed by atoms with Gasteiger partial charge in [-0.2, -0.15) is 0 Å². The van der Waals surface area contributed by atoms with Crippen LogP contribution in [0, 0.1) is 0 Å². The van der Waals surface area contributed by atoms with Crippen molar-refractivity contribution in [1.82, 2.24) is 0 Å². The maximum Gasteiger partial charge on any atom is 0.0388 e. The Bertz CT molecular complexity index is 127. The van der Waals surface area contributed by atoms with Crippen LogP contribution in [0.5, 0.6) is 0 Å². The van der Waals surface area contributed by atoms with Gasteiger partial charge in [0.05, 0.1) is 0 Å². The summed E-state index contributed by atoms with van der Waals surface area (Å²) in [6.45, 7) is 7.69. The van der Waals surface area contributed by atoms with Crippen molar-refractivity contribution >= 4 is 5.71 Å². The molecule has 1 heteroatoms. The largest absolute Gasteiger partial charge is 0.294 e. The van der Waals surface area contributed by atoms with Gasteiger partial charge in [0.25, 0.3) is 0 Å². The van der Waals surface area contributed by atoms with Crippen LogP contribution in [0.25, 0.3) is 0 Å². The molecular formula is C12H25N. The Labute approximate surface area is 83.6 Å². The van der Waals surface area contributed by atoms with Crippen LogP contribution in [0.2, 0.25) is 0 Å². The third kappa shape index (κ3) is 9.59. The summed E-state index contributed by atoms with van der Waals surface area (Å²) in [6.07, 6.45) is 9.07. The van der Waals surface area contributed by atoms with Crippen LogP contribution >= 0.6 is 0 Å². The standard InChI is InChI=1S/C12H25N/c1-4-6-8-10-12(3)13-11-9-7-5-2/h4-11H2,1-3H3/b13-12-. The normalized spacial score (nSPS) is 12.1. The number of rotatable bonds is 8. The zero-order valence-corrected chi connectivity index (χ0v) is 9.60. The average molecular weight is 183 g/mol. The summed E-state index contributed by atoms with van der Waals surface area (Å²) >= 11 is 0. The highest BCUT2D eigenvalue weighted by molar-refractivity contribution is 5.81. The number of hydrogen-bond donors (Lipinski definition) is 0. The van der Waals surface area contributed by atoms with Gasteiger partial charge in [-0.1, -0.05) is 39.5 Å². The molecule has 0 aromatic carbocycles. The van der Waals surface area contributed by atoms with Gasteiger partial charge in [0.1, 0.15) is 0 Å². The molecule has 0 aliphatic carbocycles. The molecule has 0 bridgehead atoms. The van der Waals surface area contributed by atoms with Crippen LogP contribution in [0.1, 0.15) is 65.7 Å². The number of nitrogens with zero attached hydrogens (tertiary/aromatic N) is 1. The van der Waals surface area contributed by atoms with Crippen molar-refractivity contribution in [3.63, 3.8) is 0 Å². The van der Waals surface area contributed by atoms with Crippen LogP contribution in [0.15, 0.2) is 4.99 Å². The SMILES string of the molecule is CCCCC/N=C(/C)CCCCC. The minimum Gasteiger partial charge on any atom is -0.294 e. The Hall–Kier alpha value is -0.330. The molecule has 1 nitrogen and oxygen atoms in total. The van der Waals surface area contributed by atoms with E-state index in [1.165, 1.54) is 50.7 Å². The van der Waals surface area contributed by atoms with E-state index in [9.17, 15) is 0 Å². The first-order chi connectivity index (χ1) is 6.31. The van der Waals surface area contributed by atoms with Crippen LogP contribution in [-0.2, 0) is 0 Å². The predicted molar refractivity (Wildman–Crippen MR) is 61.6 cm³/mol. The lowest BCUT2D eigenvalue weighted by Gasteiger charge is -1.99. The van der Waals surface area contributed by atoms with Crippen LogP contribution in [-0.4, -0.2) is 12.3 Å². The molecule has 0 rings (SSSR count).